The quantitative estimate of drug-likeness (QED) is 0.351. The van der Waals surface area contributed by atoms with Gasteiger partial charge in [0.05, 0.1) is 23.4 Å². The first-order chi connectivity index (χ1) is 8.46. The fourth-order valence-electron chi connectivity index (χ4n) is 1.65. The van der Waals surface area contributed by atoms with Crippen LogP contribution in [0.2, 0.25) is 0 Å². The van der Waals surface area contributed by atoms with Gasteiger partial charge in [0, 0.05) is 6.42 Å². The summed E-state index contributed by atoms with van der Waals surface area (Å²) in [4.78, 5) is 0. The van der Waals surface area contributed by atoms with Crippen LogP contribution < -0.4 is 0 Å². The molecule has 0 aromatic heterocycles. The Hall–Kier alpha value is 0.500. The van der Waals surface area contributed by atoms with Gasteiger partial charge in [0.2, 0.25) is 0 Å². The molecule has 0 rings (SSSR count). The van der Waals surface area contributed by atoms with Gasteiger partial charge in [0.1, 0.15) is 12.2 Å². The second-order valence-electron chi connectivity index (χ2n) is 3.95. The van der Waals surface area contributed by atoms with Crippen LogP contribution >= 0.6 is 23.5 Å². The van der Waals surface area contributed by atoms with E-state index in [0.29, 0.717) is 0 Å². The van der Waals surface area contributed by atoms with Crippen molar-refractivity contribution in [3.63, 3.8) is 0 Å². The van der Waals surface area contributed by atoms with Gasteiger partial charge in [-0.1, -0.05) is 13.8 Å². The van der Waals surface area contributed by atoms with Crippen molar-refractivity contribution in [2.75, 3.05) is 24.7 Å². The highest BCUT2D eigenvalue weighted by molar-refractivity contribution is 8.18. The lowest BCUT2D eigenvalue weighted by molar-refractivity contribution is -0.0796. The van der Waals surface area contributed by atoms with E-state index in [4.69, 9.17) is 5.11 Å². The smallest absolute Gasteiger partial charge is 0.108 e. The van der Waals surface area contributed by atoms with E-state index in [1.54, 1.807) is 0 Å². The normalized spacial score (nSPS) is 17.5. The molecule has 0 aliphatic carbocycles. The van der Waals surface area contributed by atoms with E-state index in [2.05, 4.69) is 0 Å². The fraction of sp³-hybridized carbons (Fsp3) is 1.00. The van der Waals surface area contributed by atoms with Gasteiger partial charge in [0.25, 0.3) is 0 Å². The van der Waals surface area contributed by atoms with Crippen LogP contribution in [0.4, 0.5) is 0 Å². The summed E-state index contributed by atoms with van der Waals surface area (Å²) in [6, 6.07) is 0. The first-order valence-electron chi connectivity index (χ1n) is 6.00. The highest BCUT2D eigenvalue weighted by atomic mass is 32.2. The van der Waals surface area contributed by atoms with Crippen LogP contribution in [0.1, 0.15) is 20.3 Å². The predicted molar refractivity (Wildman–Crippen MR) is 75.8 cm³/mol. The summed E-state index contributed by atoms with van der Waals surface area (Å²) in [7, 11) is 0. The second kappa shape index (κ2) is 9.41. The van der Waals surface area contributed by atoms with Gasteiger partial charge in [-0.25, -0.2) is 0 Å². The molecule has 0 aromatic rings. The second-order valence-corrected chi connectivity index (χ2v) is 7.50. The molecule has 0 aliphatic heterocycles. The maximum Gasteiger partial charge on any atom is 0.108 e. The number of aliphatic hydroxyl groups excluding tert-OH is 5. The summed E-state index contributed by atoms with van der Waals surface area (Å²) in [5.41, 5.74) is 0. The van der Waals surface area contributed by atoms with E-state index in [1.165, 1.54) is 23.5 Å². The minimum absolute atomic E-state index is 0.122. The summed E-state index contributed by atoms with van der Waals surface area (Å²) < 4.78 is -0.584. The lowest BCUT2D eigenvalue weighted by Gasteiger charge is -2.34. The average molecular weight is 300 g/mol. The molecule has 0 unspecified atom stereocenters. The van der Waals surface area contributed by atoms with E-state index in [9.17, 15) is 20.4 Å². The van der Waals surface area contributed by atoms with Crippen molar-refractivity contribution in [1.82, 2.24) is 0 Å². The first kappa shape index (κ1) is 18.5. The van der Waals surface area contributed by atoms with Crippen molar-refractivity contribution in [2.45, 2.75) is 42.7 Å². The molecule has 0 aliphatic rings. The van der Waals surface area contributed by atoms with Crippen LogP contribution in [0, 0.1) is 0 Å². The van der Waals surface area contributed by atoms with Gasteiger partial charge >= 0.3 is 0 Å². The van der Waals surface area contributed by atoms with Crippen molar-refractivity contribution in [3.8, 4) is 0 Å². The van der Waals surface area contributed by atoms with Gasteiger partial charge in [-0.3, -0.25) is 0 Å². The standard InChI is InChI=1S/C11H24O5S2/c1-3-17-11(7-13,18-4-2)5-8(14)10(16)9(15)6-12/h8-10,12-16H,3-7H2,1-2H3/t8-,9-,10+/m1/s1. The largest absolute Gasteiger partial charge is 0.394 e. The number of thioether (sulfide) groups is 2. The van der Waals surface area contributed by atoms with Gasteiger partial charge in [-0.2, -0.15) is 0 Å². The monoisotopic (exact) mass is 300 g/mol. The number of hydrogen-bond donors (Lipinski definition) is 5. The highest BCUT2D eigenvalue weighted by Gasteiger charge is 2.36. The Labute approximate surface area is 117 Å². The summed E-state index contributed by atoms with van der Waals surface area (Å²) >= 11 is 3.02. The SMILES string of the molecule is CCSC(CO)(C[C@@H](O)[C@H](O)[C@H](O)CO)SCC. The first-order valence-corrected chi connectivity index (χ1v) is 7.97. The summed E-state index contributed by atoms with van der Waals surface area (Å²) in [6.45, 7) is 3.18. The van der Waals surface area contributed by atoms with Crippen molar-refractivity contribution in [3.05, 3.63) is 0 Å². The molecule has 0 heterocycles. The number of rotatable bonds is 10. The molecule has 110 valence electrons. The van der Waals surface area contributed by atoms with Crippen LogP contribution in [0.5, 0.6) is 0 Å². The van der Waals surface area contributed by atoms with Crippen molar-refractivity contribution in [1.29, 1.82) is 0 Å². The highest BCUT2D eigenvalue weighted by Crippen LogP contribution is 2.41. The van der Waals surface area contributed by atoms with E-state index in [1.807, 2.05) is 13.8 Å². The Balaban J connectivity index is 4.64. The Bertz CT molecular complexity index is 212. The lowest BCUT2D eigenvalue weighted by Crippen LogP contribution is -2.44. The van der Waals surface area contributed by atoms with E-state index < -0.39 is 29.0 Å². The molecule has 0 bridgehead atoms. The zero-order chi connectivity index (χ0) is 14.2. The van der Waals surface area contributed by atoms with Crippen LogP contribution in [0.25, 0.3) is 0 Å². The molecule has 5 nitrogen and oxygen atoms in total. The van der Waals surface area contributed by atoms with Crippen LogP contribution in [-0.2, 0) is 0 Å². The van der Waals surface area contributed by atoms with Gasteiger partial charge in [-0.15, -0.1) is 23.5 Å². The zero-order valence-corrected chi connectivity index (χ0v) is 12.5. The lowest BCUT2D eigenvalue weighted by atomic mass is 10.0. The molecule has 5 N–H and O–H groups in total. The molecule has 7 heteroatoms. The van der Waals surface area contributed by atoms with E-state index in [0.717, 1.165) is 11.5 Å². The van der Waals surface area contributed by atoms with Crippen LogP contribution in [0.15, 0.2) is 0 Å². The Morgan fingerprint density at radius 1 is 0.944 bits per heavy atom. The Morgan fingerprint density at radius 3 is 1.78 bits per heavy atom. The summed E-state index contributed by atoms with van der Waals surface area (Å²) in [5.74, 6) is 1.55. The maximum atomic E-state index is 9.88. The third kappa shape index (κ3) is 5.64. The van der Waals surface area contributed by atoms with E-state index in [-0.39, 0.29) is 13.0 Å². The molecule has 0 radical (unpaired) electrons. The zero-order valence-electron chi connectivity index (χ0n) is 10.8. The molecule has 0 spiro atoms. The molecular formula is C11H24O5S2. The summed E-state index contributed by atoms with van der Waals surface area (Å²) in [6.07, 6.45) is -3.80. The number of hydrogen-bond acceptors (Lipinski definition) is 7. The third-order valence-electron chi connectivity index (χ3n) is 2.55. The van der Waals surface area contributed by atoms with Gasteiger partial charge in [-0.05, 0) is 11.5 Å². The Morgan fingerprint density at radius 2 is 1.44 bits per heavy atom. The molecule has 3 atom stereocenters. The minimum Gasteiger partial charge on any atom is -0.394 e. The molecule has 0 aromatic carbocycles. The van der Waals surface area contributed by atoms with Crippen molar-refractivity contribution < 1.29 is 25.5 Å². The molecule has 0 saturated heterocycles. The third-order valence-corrected chi connectivity index (χ3v) is 5.48. The minimum atomic E-state index is -1.41. The maximum absolute atomic E-state index is 9.88. The van der Waals surface area contributed by atoms with Crippen LogP contribution in [-0.4, -0.2) is 72.6 Å². The molecular weight excluding hydrogens is 276 g/mol. The topological polar surface area (TPSA) is 101 Å². The van der Waals surface area contributed by atoms with Gasteiger partial charge < -0.3 is 25.5 Å². The van der Waals surface area contributed by atoms with Gasteiger partial charge in [0.15, 0.2) is 0 Å². The average Bonchev–Trinajstić information content (AvgIpc) is 2.37. The Kier molecular flexibility index (Phi) is 9.67. The summed E-state index contributed by atoms with van der Waals surface area (Å²) in [5, 5.41) is 47.0. The van der Waals surface area contributed by atoms with Crippen LogP contribution in [0.3, 0.4) is 0 Å². The van der Waals surface area contributed by atoms with Crippen molar-refractivity contribution >= 4 is 23.5 Å². The van der Waals surface area contributed by atoms with Crippen molar-refractivity contribution in [2.24, 2.45) is 0 Å². The van der Waals surface area contributed by atoms with E-state index >= 15 is 0 Å². The number of aliphatic hydroxyl groups is 5. The fourth-order valence-corrected chi connectivity index (χ4v) is 4.50. The molecule has 0 fully saturated rings. The molecule has 0 saturated carbocycles. The molecule has 18 heavy (non-hydrogen) atoms. The predicted octanol–water partition coefficient (Wildman–Crippen LogP) is -0.354. The molecule has 0 amide bonds.